The number of amides is 1. The van der Waals surface area contributed by atoms with Crippen LogP contribution in [0.5, 0.6) is 0 Å². The molecule has 9 heteroatoms. The van der Waals surface area contributed by atoms with Crippen LogP contribution in [0.3, 0.4) is 0 Å². The summed E-state index contributed by atoms with van der Waals surface area (Å²) in [5, 5.41) is 2.57. The number of hydrogen-bond acceptors (Lipinski definition) is 5. The van der Waals surface area contributed by atoms with Gasteiger partial charge in [-0.15, -0.1) is 0 Å². The standard InChI is InChI=1S/C18H20F3N5O/c1-2-25-9-11-26(12-10-25)16(27)15-7-8-22-17(24-15)23-14-6-4-3-5-13(14)18(19,20)21/h3-8H,2,9-12H2,1H3,(H,22,23,24). The zero-order valence-electron chi connectivity index (χ0n) is 14.8. The number of benzene rings is 1. The molecule has 3 rings (SSSR count). The van der Waals surface area contributed by atoms with Gasteiger partial charge in [0.05, 0.1) is 11.3 Å². The summed E-state index contributed by atoms with van der Waals surface area (Å²) < 4.78 is 39.4. The van der Waals surface area contributed by atoms with Crippen molar-refractivity contribution in [3.8, 4) is 0 Å². The summed E-state index contributed by atoms with van der Waals surface area (Å²) in [5.41, 5.74) is -0.825. The summed E-state index contributed by atoms with van der Waals surface area (Å²) in [6.07, 6.45) is -3.14. The van der Waals surface area contributed by atoms with E-state index in [0.29, 0.717) is 13.1 Å². The van der Waals surface area contributed by atoms with Crippen molar-refractivity contribution in [3.63, 3.8) is 0 Å². The van der Waals surface area contributed by atoms with Crippen LogP contribution in [0.1, 0.15) is 23.0 Å². The minimum atomic E-state index is -4.50. The zero-order valence-corrected chi connectivity index (χ0v) is 14.8. The Hall–Kier alpha value is -2.68. The summed E-state index contributed by atoms with van der Waals surface area (Å²) in [4.78, 5) is 24.6. The average molecular weight is 379 g/mol. The number of carbonyl (C=O) groups excluding carboxylic acids is 1. The van der Waals surface area contributed by atoms with E-state index >= 15 is 0 Å². The van der Waals surface area contributed by atoms with Gasteiger partial charge in [-0.1, -0.05) is 19.1 Å². The van der Waals surface area contributed by atoms with Gasteiger partial charge in [-0.05, 0) is 24.7 Å². The van der Waals surface area contributed by atoms with Crippen LogP contribution in [-0.4, -0.2) is 58.4 Å². The molecule has 1 aliphatic rings. The van der Waals surface area contributed by atoms with E-state index in [9.17, 15) is 18.0 Å². The molecule has 0 spiro atoms. The third-order valence-electron chi connectivity index (χ3n) is 4.46. The van der Waals surface area contributed by atoms with E-state index in [-0.39, 0.29) is 23.2 Å². The van der Waals surface area contributed by atoms with Gasteiger partial charge in [0.15, 0.2) is 0 Å². The number of aromatic nitrogens is 2. The van der Waals surface area contributed by atoms with Gasteiger partial charge in [0.2, 0.25) is 5.95 Å². The van der Waals surface area contributed by atoms with Crippen molar-refractivity contribution in [2.24, 2.45) is 0 Å². The quantitative estimate of drug-likeness (QED) is 0.885. The fraction of sp³-hybridized carbons (Fsp3) is 0.389. The number of carbonyl (C=O) groups is 1. The lowest BCUT2D eigenvalue weighted by Crippen LogP contribution is -2.48. The van der Waals surface area contributed by atoms with Crippen molar-refractivity contribution in [1.82, 2.24) is 19.8 Å². The van der Waals surface area contributed by atoms with E-state index in [4.69, 9.17) is 0 Å². The normalized spacial score (nSPS) is 15.6. The number of nitrogens with one attached hydrogen (secondary N) is 1. The molecule has 1 N–H and O–H groups in total. The van der Waals surface area contributed by atoms with Crippen molar-refractivity contribution >= 4 is 17.5 Å². The van der Waals surface area contributed by atoms with Crippen LogP contribution < -0.4 is 5.32 Å². The minimum Gasteiger partial charge on any atom is -0.335 e. The molecule has 144 valence electrons. The molecule has 1 fully saturated rings. The minimum absolute atomic E-state index is 0.0512. The van der Waals surface area contributed by atoms with Gasteiger partial charge in [-0.2, -0.15) is 13.2 Å². The van der Waals surface area contributed by atoms with Gasteiger partial charge in [0.25, 0.3) is 5.91 Å². The number of nitrogens with zero attached hydrogens (tertiary/aromatic N) is 4. The highest BCUT2D eigenvalue weighted by Gasteiger charge is 2.33. The molecule has 0 bridgehead atoms. The number of halogens is 3. The van der Waals surface area contributed by atoms with Gasteiger partial charge in [0, 0.05) is 32.4 Å². The highest BCUT2D eigenvalue weighted by Crippen LogP contribution is 2.35. The first kappa shape index (κ1) is 19.1. The lowest BCUT2D eigenvalue weighted by atomic mass is 10.1. The van der Waals surface area contributed by atoms with E-state index in [2.05, 4.69) is 27.1 Å². The molecule has 0 aliphatic carbocycles. The smallest absolute Gasteiger partial charge is 0.335 e. The maximum absolute atomic E-state index is 13.1. The topological polar surface area (TPSA) is 61.4 Å². The summed E-state index contributed by atoms with van der Waals surface area (Å²) in [6.45, 7) is 5.77. The molecule has 0 atom stereocenters. The first-order chi connectivity index (χ1) is 12.9. The van der Waals surface area contributed by atoms with Crippen molar-refractivity contribution in [1.29, 1.82) is 0 Å². The van der Waals surface area contributed by atoms with Crippen molar-refractivity contribution in [3.05, 3.63) is 47.8 Å². The third kappa shape index (κ3) is 4.54. The number of rotatable bonds is 4. The highest BCUT2D eigenvalue weighted by molar-refractivity contribution is 5.92. The largest absolute Gasteiger partial charge is 0.418 e. The van der Waals surface area contributed by atoms with Crippen LogP contribution in [0.4, 0.5) is 24.8 Å². The molecule has 1 aromatic carbocycles. The average Bonchev–Trinajstić information content (AvgIpc) is 2.67. The van der Waals surface area contributed by atoms with Crippen molar-refractivity contribution < 1.29 is 18.0 Å². The molecule has 1 aliphatic heterocycles. The molecule has 2 aromatic rings. The molecule has 0 saturated carbocycles. The second-order valence-electron chi connectivity index (χ2n) is 6.16. The molecule has 1 amide bonds. The van der Waals surface area contributed by atoms with Crippen molar-refractivity contribution in [2.45, 2.75) is 13.1 Å². The predicted molar refractivity (Wildman–Crippen MR) is 94.8 cm³/mol. The number of anilines is 2. The Morgan fingerprint density at radius 3 is 2.52 bits per heavy atom. The molecule has 6 nitrogen and oxygen atoms in total. The van der Waals surface area contributed by atoms with Gasteiger partial charge in [-0.3, -0.25) is 4.79 Å². The van der Waals surface area contributed by atoms with Gasteiger partial charge in [-0.25, -0.2) is 9.97 Å². The molecule has 27 heavy (non-hydrogen) atoms. The third-order valence-corrected chi connectivity index (χ3v) is 4.46. The number of hydrogen-bond donors (Lipinski definition) is 1. The van der Waals surface area contributed by atoms with E-state index < -0.39 is 11.7 Å². The Balaban J connectivity index is 1.76. The summed E-state index contributed by atoms with van der Waals surface area (Å²) in [6, 6.07) is 6.54. The Morgan fingerprint density at radius 2 is 1.85 bits per heavy atom. The van der Waals surface area contributed by atoms with Crippen LogP contribution in [-0.2, 0) is 6.18 Å². The highest BCUT2D eigenvalue weighted by atomic mass is 19.4. The number of para-hydroxylation sites is 1. The SMILES string of the molecule is CCN1CCN(C(=O)c2ccnc(Nc3ccccc3C(F)(F)F)n2)CC1. The lowest BCUT2D eigenvalue weighted by Gasteiger charge is -2.33. The molecule has 1 saturated heterocycles. The van der Waals surface area contributed by atoms with E-state index in [1.807, 2.05) is 0 Å². The number of piperazine rings is 1. The Labute approximate surface area is 155 Å². The molecular formula is C18H20F3N5O. The van der Waals surface area contributed by atoms with Gasteiger partial charge in [0.1, 0.15) is 5.69 Å². The Kier molecular flexibility index (Phi) is 5.59. The summed E-state index contributed by atoms with van der Waals surface area (Å²) >= 11 is 0. The maximum Gasteiger partial charge on any atom is 0.418 e. The van der Waals surface area contributed by atoms with E-state index in [1.54, 1.807) is 4.90 Å². The number of alkyl halides is 3. The van der Waals surface area contributed by atoms with Crippen LogP contribution in [0.15, 0.2) is 36.5 Å². The fourth-order valence-electron chi connectivity index (χ4n) is 2.93. The zero-order chi connectivity index (χ0) is 19.4. The monoisotopic (exact) mass is 379 g/mol. The Morgan fingerprint density at radius 1 is 1.15 bits per heavy atom. The maximum atomic E-state index is 13.1. The summed E-state index contributed by atoms with van der Waals surface area (Å²) in [7, 11) is 0. The lowest BCUT2D eigenvalue weighted by molar-refractivity contribution is -0.136. The van der Waals surface area contributed by atoms with Crippen LogP contribution in [0.25, 0.3) is 0 Å². The van der Waals surface area contributed by atoms with Crippen LogP contribution in [0.2, 0.25) is 0 Å². The molecule has 1 aromatic heterocycles. The first-order valence-corrected chi connectivity index (χ1v) is 8.66. The molecule has 0 unspecified atom stereocenters. The van der Waals surface area contributed by atoms with Crippen molar-refractivity contribution in [2.75, 3.05) is 38.0 Å². The molecular weight excluding hydrogens is 359 g/mol. The van der Waals surface area contributed by atoms with E-state index in [1.165, 1.54) is 30.5 Å². The molecule has 2 heterocycles. The van der Waals surface area contributed by atoms with Gasteiger partial charge < -0.3 is 15.1 Å². The second-order valence-corrected chi connectivity index (χ2v) is 6.16. The second kappa shape index (κ2) is 7.91. The van der Waals surface area contributed by atoms with Gasteiger partial charge >= 0.3 is 6.18 Å². The summed E-state index contributed by atoms with van der Waals surface area (Å²) in [5.74, 6) is -0.301. The first-order valence-electron chi connectivity index (χ1n) is 8.66. The van der Waals surface area contributed by atoms with Crippen LogP contribution >= 0.6 is 0 Å². The molecule has 0 radical (unpaired) electrons. The Bertz CT molecular complexity index is 804. The number of likely N-dealkylation sites (N-methyl/N-ethyl adjacent to an activating group) is 1. The van der Waals surface area contributed by atoms with Crippen LogP contribution in [0, 0.1) is 0 Å². The van der Waals surface area contributed by atoms with E-state index in [0.717, 1.165) is 25.7 Å². The fourth-order valence-corrected chi connectivity index (χ4v) is 2.93. The predicted octanol–water partition coefficient (Wildman–Crippen LogP) is 3.02.